The average Bonchev–Trinajstić information content (AvgIpc) is 2.93. The number of ketones is 1. The number of allylic oxidation sites excluding steroid dienone is 1. The molecular weight excluding hydrogens is 306 g/mol. The van der Waals surface area contributed by atoms with Gasteiger partial charge in [0.1, 0.15) is 5.52 Å². The molecule has 1 fully saturated rings. The van der Waals surface area contributed by atoms with Gasteiger partial charge in [0.25, 0.3) is 5.91 Å². The number of amides is 1. The Bertz CT molecular complexity index is 889. The molecule has 2 aromatic rings. The van der Waals surface area contributed by atoms with Crippen molar-refractivity contribution in [3.05, 3.63) is 41.9 Å². The SMILES string of the molecule is CC1(C)CC2(C=C(N)C1=O)CN(C(=O)c1cnn3ncccc13)C2. The molecule has 2 N–H and O–H groups in total. The summed E-state index contributed by atoms with van der Waals surface area (Å²) in [6, 6.07) is 3.60. The van der Waals surface area contributed by atoms with Crippen molar-refractivity contribution in [3.8, 4) is 0 Å². The summed E-state index contributed by atoms with van der Waals surface area (Å²) >= 11 is 0. The largest absolute Gasteiger partial charge is 0.396 e. The van der Waals surface area contributed by atoms with Crippen LogP contribution in [0.2, 0.25) is 0 Å². The van der Waals surface area contributed by atoms with Crippen molar-refractivity contribution in [2.24, 2.45) is 16.6 Å². The van der Waals surface area contributed by atoms with Crippen LogP contribution >= 0.6 is 0 Å². The van der Waals surface area contributed by atoms with Crippen LogP contribution in [0.5, 0.6) is 0 Å². The maximum atomic E-state index is 12.8. The zero-order valence-electron chi connectivity index (χ0n) is 13.7. The first-order valence-electron chi connectivity index (χ1n) is 7.93. The van der Waals surface area contributed by atoms with Crippen molar-refractivity contribution < 1.29 is 9.59 Å². The van der Waals surface area contributed by atoms with Gasteiger partial charge in [-0.3, -0.25) is 9.59 Å². The monoisotopic (exact) mass is 325 g/mol. The second-order valence-corrected chi connectivity index (χ2v) is 7.47. The molecule has 1 saturated heterocycles. The van der Waals surface area contributed by atoms with Gasteiger partial charge in [-0.25, -0.2) is 0 Å². The number of carbonyl (C=O) groups is 2. The lowest BCUT2D eigenvalue weighted by Gasteiger charge is -2.53. The second-order valence-electron chi connectivity index (χ2n) is 7.47. The highest BCUT2D eigenvalue weighted by Crippen LogP contribution is 2.47. The number of rotatable bonds is 1. The summed E-state index contributed by atoms with van der Waals surface area (Å²) in [6.07, 6.45) is 5.73. The Hall–Kier alpha value is -2.70. The molecule has 2 aliphatic rings. The highest BCUT2D eigenvalue weighted by Gasteiger charge is 2.52. The number of nitrogens with zero attached hydrogens (tertiary/aromatic N) is 4. The number of nitrogens with two attached hydrogens (primary N) is 1. The molecule has 7 heteroatoms. The lowest BCUT2D eigenvalue weighted by atomic mass is 9.62. The molecule has 1 spiro atoms. The van der Waals surface area contributed by atoms with Crippen molar-refractivity contribution in [1.82, 2.24) is 19.7 Å². The maximum absolute atomic E-state index is 12.8. The summed E-state index contributed by atoms with van der Waals surface area (Å²) in [5.41, 5.74) is 6.79. The fraction of sp³-hybridized carbons (Fsp3) is 0.412. The Balaban J connectivity index is 1.57. The molecule has 0 radical (unpaired) electrons. The molecule has 4 rings (SSSR count). The van der Waals surface area contributed by atoms with Crippen LogP contribution in [-0.4, -0.2) is 44.5 Å². The zero-order chi connectivity index (χ0) is 17.1. The molecular formula is C17H19N5O2. The Morgan fingerprint density at radius 1 is 1.29 bits per heavy atom. The van der Waals surface area contributed by atoms with E-state index in [0.717, 1.165) is 0 Å². The van der Waals surface area contributed by atoms with Gasteiger partial charge in [-0.05, 0) is 24.6 Å². The molecule has 0 unspecified atom stereocenters. The summed E-state index contributed by atoms with van der Waals surface area (Å²) in [5, 5.41) is 8.19. The number of Topliss-reactive ketones (excluding diaryl/α,β-unsaturated/α-hetero) is 1. The van der Waals surface area contributed by atoms with Gasteiger partial charge >= 0.3 is 0 Å². The van der Waals surface area contributed by atoms with Gasteiger partial charge in [0.15, 0.2) is 5.78 Å². The molecule has 0 saturated carbocycles. The molecule has 1 amide bonds. The number of likely N-dealkylation sites (tertiary alicyclic amines) is 1. The minimum absolute atomic E-state index is 0.00777. The second kappa shape index (κ2) is 4.66. The average molecular weight is 325 g/mol. The predicted octanol–water partition coefficient (Wildman–Crippen LogP) is 1.01. The molecule has 1 aliphatic heterocycles. The van der Waals surface area contributed by atoms with E-state index in [2.05, 4.69) is 10.2 Å². The number of hydrogen-bond acceptors (Lipinski definition) is 5. The molecule has 1 aliphatic carbocycles. The van der Waals surface area contributed by atoms with Gasteiger partial charge in [0, 0.05) is 30.1 Å². The van der Waals surface area contributed by atoms with E-state index < -0.39 is 5.41 Å². The van der Waals surface area contributed by atoms with Crippen molar-refractivity contribution in [1.29, 1.82) is 0 Å². The first-order chi connectivity index (χ1) is 11.3. The van der Waals surface area contributed by atoms with E-state index >= 15 is 0 Å². The topological polar surface area (TPSA) is 93.6 Å². The molecule has 0 aromatic carbocycles. The Labute approximate surface area is 139 Å². The molecule has 0 atom stereocenters. The minimum Gasteiger partial charge on any atom is -0.396 e. The van der Waals surface area contributed by atoms with E-state index in [1.54, 1.807) is 23.4 Å². The van der Waals surface area contributed by atoms with Crippen LogP contribution in [0.15, 0.2) is 36.3 Å². The van der Waals surface area contributed by atoms with Gasteiger partial charge < -0.3 is 10.6 Å². The van der Waals surface area contributed by atoms with Crippen molar-refractivity contribution in [2.75, 3.05) is 13.1 Å². The van der Waals surface area contributed by atoms with Crippen LogP contribution < -0.4 is 5.73 Å². The molecule has 2 aromatic heterocycles. The van der Waals surface area contributed by atoms with Crippen LogP contribution in [0.25, 0.3) is 5.52 Å². The highest BCUT2D eigenvalue weighted by atomic mass is 16.2. The maximum Gasteiger partial charge on any atom is 0.257 e. The van der Waals surface area contributed by atoms with E-state index in [9.17, 15) is 9.59 Å². The van der Waals surface area contributed by atoms with Gasteiger partial charge in [-0.1, -0.05) is 13.8 Å². The Morgan fingerprint density at radius 2 is 2.04 bits per heavy atom. The number of hydrogen-bond donors (Lipinski definition) is 1. The van der Waals surface area contributed by atoms with Crippen LogP contribution in [0.4, 0.5) is 0 Å². The van der Waals surface area contributed by atoms with Crippen molar-refractivity contribution in [3.63, 3.8) is 0 Å². The third kappa shape index (κ3) is 2.04. The van der Waals surface area contributed by atoms with Gasteiger partial charge in [-0.15, -0.1) is 0 Å². The van der Waals surface area contributed by atoms with Gasteiger partial charge in [-0.2, -0.15) is 14.8 Å². The third-order valence-corrected chi connectivity index (χ3v) is 4.97. The standard InChI is InChI=1S/C17H19N5O2/c1-16(2)8-17(6-12(18)14(16)23)9-21(10-17)15(24)11-7-20-22-13(11)4-3-5-19-22/h3-7H,8-10,18H2,1-2H3. The van der Waals surface area contributed by atoms with Crippen LogP contribution in [0.3, 0.4) is 0 Å². The first-order valence-corrected chi connectivity index (χ1v) is 7.93. The minimum atomic E-state index is -0.484. The van der Waals surface area contributed by atoms with Crippen molar-refractivity contribution >= 4 is 17.2 Å². The normalized spacial score (nSPS) is 21.7. The lowest BCUT2D eigenvalue weighted by Crippen LogP contribution is -2.61. The van der Waals surface area contributed by atoms with E-state index in [1.165, 1.54) is 4.63 Å². The Morgan fingerprint density at radius 3 is 2.75 bits per heavy atom. The summed E-state index contributed by atoms with van der Waals surface area (Å²) in [7, 11) is 0. The van der Waals surface area contributed by atoms with E-state index in [0.29, 0.717) is 36.3 Å². The zero-order valence-corrected chi connectivity index (χ0v) is 13.7. The summed E-state index contributed by atoms with van der Waals surface area (Å²) in [6.45, 7) is 4.97. The fourth-order valence-corrected chi connectivity index (χ4v) is 4.03. The molecule has 7 nitrogen and oxygen atoms in total. The number of carbonyl (C=O) groups excluding carboxylic acids is 2. The van der Waals surface area contributed by atoms with Gasteiger partial charge in [0.2, 0.25) is 0 Å². The predicted molar refractivity (Wildman–Crippen MR) is 87.0 cm³/mol. The van der Waals surface area contributed by atoms with E-state index in [-0.39, 0.29) is 17.1 Å². The van der Waals surface area contributed by atoms with Gasteiger partial charge in [0.05, 0.1) is 17.5 Å². The molecule has 3 heterocycles. The fourth-order valence-electron chi connectivity index (χ4n) is 4.03. The summed E-state index contributed by atoms with van der Waals surface area (Å²) in [4.78, 5) is 26.7. The molecule has 124 valence electrons. The van der Waals surface area contributed by atoms with E-state index in [1.807, 2.05) is 26.0 Å². The lowest BCUT2D eigenvalue weighted by molar-refractivity contribution is -0.127. The Kier molecular flexibility index (Phi) is 2.88. The number of aromatic nitrogens is 3. The van der Waals surface area contributed by atoms with E-state index in [4.69, 9.17) is 5.73 Å². The van der Waals surface area contributed by atoms with Crippen molar-refractivity contribution in [2.45, 2.75) is 20.3 Å². The smallest absolute Gasteiger partial charge is 0.257 e. The highest BCUT2D eigenvalue weighted by molar-refractivity contribution is 6.02. The van der Waals surface area contributed by atoms with Crippen LogP contribution in [0.1, 0.15) is 30.6 Å². The molecule has 24 heavy (non-hydrogen) atoms. The quantitative estimate of drug-likeness (QED) is 0.844. The third-order valence-electron chi connectivity index (χ3n) is 4.97. The molecule has 0 bridgehead atoms. The summed E-state index contributed by atoms with van der Waals surface area (Å²) in [5.74, 6) is -0.0723. The van der Waals surface area contributed by atoms with Crippen LogP contribution in [-0.2, 0) is 4.79 Å². The van der Waals surface area contributed by atoms with Crippen LogP contribution in [0, 0.1) is 10.8 Å². The first kappa shape index (κ1) is 14.9. The summed E-state index contributed by atoms with van der Waals surface area (Å²) < 4.78 is 1.45. The number of fused-ring (bicyclic) bond motifs is 1.